The van der Waals surface area contributed by atoms with Gasteiger partial charge in [-0.05, 0) is 36.6 Å². The normalized spacial score (nSPS) is 19.2. The van der Waals surface area contributed by atoms with E-state index in [1.807, 2.05) is 17.8 Å². The highest BCUT2D eigenvalue weighted by Crippen LogP contribution is 2.41. The third kappa shape index (κ3) is 1.71. The number of aryl methyl sites for hydroxylation is 1. The van der Waals surface area contributed by atoms with Crippen molar-refractivity contribution >= 4 is 17.7 Å². The molecule has 0 aromatic carbocycles. The number of pyridine rings is 1. The number of aromatic nitrogens is 1. The summed E-state index contributed by atoms with van der Waals surface area (Å²) in [5.41, 5.74) is 3.52. The van der Waals surface area contributed by atoms with Gasteiger partial charge in [0.1, 0.15) is 0 Å². The first-order chi connectivity index (χ1) is 7.75. The Labute approximate surface area is 98.3 Å². The van der Waals surface area contributed by atoms with Gasteiger partial charge in [0.05, 0.1) is 11.3 Å². The van der Waals surface area contributed by atoms with E-state index < -0.39 is 5.97 Å². The van der Waals surface area contributed by atoms with Crippen LogP contribution in [0.2, 0.25) is 0 Å². The largest absolute Gasteiger partial charge is 0.478 e. The topological polar surface area (TPSA) is 50.2 Å². The highest BCUT2D eigenvalue weighted by Gasteiger charge is 2.31. The zero-order chi connectivity index (χ0) is 11.1. The minimum absolute atomic E-state index is 0.408. The molecule has 16 heavy (non-hydrogen) atoms. The van der Waals surface area contributed by atoms with Crippen molar-refractivity contribution in [1.29, 1.82) is 0 Å². The molecular weight excluding hydrogens is 222 g/mol. The Morgan fingerprint density at radius 1 is 1.50 bits per heavy atom. The summed E-state index contributed by atoms with van der Waals surface area (Å²) in [4.78, 5) is 15.8. The minimum atomic E-state index is -0.826. The smallest absolute Gasteiger partial charge is 0.337 e. The van der Waals surface area contributed by atoms with Crippen molar-refractivity contribution in [2.75, 3.05) is 5.75 Å². The van der Waals surface area contributed by atoms with Crippen LogP contribution < -0.4 is 0 Å². The van der Waals surface area contributed by atoms with Crippen LogP contribution in [0.3, 0.4) is 0 Å². The van der Waals surface area contributed by atoms with Gasteiger partial charge < -0.3 is 5.11 Å². The molecule has 1 aromatic heterocycles. The zero-order valence-corrected chi connectivity index (χ0v) is 9.72. The number of thioether (sulfide) groups is 1. The van der Waals surface area contributed by atoms with Crippen molar-refractivity contribution in [2.45, 2.75) is 30.9 Å². The van der Waals surface area contributed by atoms with Crippen molar-refractivity contribution < 1.29 is 9.90 Å². The van der Waals surface area contributed by atoms with Gasteiger partial charge in [-0.25, -0.2) is 4.79 Å². The number of carboxylic acids is 1. The van der Waals surface area contributed by atoms with Crippen LogP contribution in [-0.4, -0.2) is 21.8 Å². The van der Waals surface area contributed by atoms with Gasteiger partial charge in [0, 0.05) is 17.4 Å². The molecule has 1 N–H and O–H groups in total. The summed E-state index contributed by atoms with van der Waals surface area (Å²) < 4.78 is 0. The van der Waals surface area contributed by atoms with Gasteiger partial charge in [0.2, 0.25) is 0 Å². The fraction of sp³-hybridized carbons (Fsp3) is 0.500. The number of hydrogen-bond donors (Lipinski definition) is 1. The van der Waals surface area contributed by atoms with Crippen LogP contribution >= 0.6 is 11.8 Å². The molecule has 0 bridgehead atoms. The van der Waals surface area contributed by atoms with Crippen molar-refractivity contribution in [3.8, 4) is 0 Å². The number of fused-ring (bicyclic) bond motifs is 1. The molecule has 0 amide bonds. The lowest BCUT2D eigenvalue weighted by atomic mass is 10.0. The summed E-state index contributed by atoms with van der Waals surface area (Å²) in [6, 6.07) is 1.85. The highest BCUT2D eigenvalue weighted by atomic mass is 32.2. The van der Waals surface area contributed by atoms with E-state index in [9.17, 15) is 9.90 Å². The maximum absolute atomic E-state index is 11.2. The lowest BCUT2D eigenvalue weighted by Crippen LogP contribution is -2.12. The van der Waals surface area contributed by atoms with Gasteiger partial charge in [0.25, 0.3) is 0 Å². The first kappa shape index (κ1) is 10.1. The molecule has 0 radical (unpaired) electrons. The number of rotatable bonds is 2. The average Bonchev–Trinajstić information content (AvgIpc) is 3.11. The molecule has 0 saturated heterocycles. The molecule has 3 rings (SSSR count). The Morgan fingerprint density at radius 2 is 2.31 bits per heavy atom. The predicted octanol–water partition coefficient (Wildman–Crippen LogP) is 2.45. The molecule has 84 valence electrons. The molecule has 1 saturated carbocycles. The van der Waals surface area contributed by atoms with Crippen molar-refractivity contribution in [3.05, 3.63) is 28.6 Å². The SMILES string of the molecule is O=C(O)c1cc2c(nc1C1CC1)CCSC2. The van der Waals surface area contributed by atoms with E-state index in [0.29, 0.717) is 11.5 Å². The Hall–Kier alpha value is -1.03. The van der Waals surface area contributed by atoms with E-state index in [2.05, 4.69) is 4.98 Å². The molecule has 1 aliphatic carbocycles. The maximum Gasteiger partial charge on any atom is 0.337 e. The quantitative estimate of drug-likeness (QED) is 0.855. The number of hydrogen-bond acceptors (Lipinski definition) is 3. The minimum Gasteiger partial charge on any atom is -0.478 e. The second-order valence-electron chi connectivity index (χ2n) is 4.41. The van der Waals surface area contributed by atoms with Crippen LogP contribution in [0.4, 0.5) is 0 Å². The van der Waals surface area contributed by atoms with Gasteiger partial charge in [-0.3, -0.25) is 4.98 Å². The molecule has 0 spiro atoms. The van der Waals surface area contributed by atoms with Crippen LogP contribution in [0.15, 0.2) is 6.07 Å². The standard InChI is InChI=1S/C12H13NO2S/c14-12(15)9-5-8-6-16-4-3-10(8)13-11(9)7-1-2-7/h5,7H,1-4,6H2,(H,14,15). The molecule has 0 unspecified atom stereocenters. The van der Waals surface area contributed by atoms with Gasteiger partial charge in [0.15, 0.2) is 0 Å². The van der Waals surface area contributed by atoms with Crippen molar-refractivity contribution in [3.63, 3.8) is 0 Å². The summed E-state index contributed by atoms with van der Waals surface area (Å²) >= 11 is 1.85. The zero-order valence-electron chi connectivity index (χ0n) is 8.90. The van der Waals surface area contributed by atoms with Crippen LogP contribution in [0.1, 0.15) is 46.1 Å². The van der Waals surface area contributed by atoms with Gasteiger partial charge in [-0.15, -0.1) is 0 Å². The van der Waals surface area contributed by atoms with E-state index in [0.717, 1.165) is 47.7 Å². The second kappa shape index (κ2) is 3.77. The average molecular weight is 235 g/mol. The molecule has 0 atom stereocenters. The summed E-state index contributed by atoms with van der Waals surface area (Å²) in [5.74, 6) is 1.60. The maximum atomic E-state index is 11.2. The monoisotopic (exact) mass is 235 g/mol. The Morgan fingerprint density at radius 3 is 3.00 bits per heavy atom. The predicted molar refractivity (Wildman–Crippen MR) is 63.0 cm³/mol. The number of aromatic carboxylic acids is 1. The van der Waals surface area contributed by atoms with Crippen molar-refractivity contribution in [1.82, 2.24) is 4.98 Å². The fourth-order valence-electron chi connectivity index (χ4n) is 2.14. The number of nitrogens with zero attached hydrogens (tertiary/aromatic N) is 1. The Bertz CT molecular complexity index is 455. The summed E-state index contributed by atoms with van der Waals surface area (Å²) in [6.45, 7) is 0. The Kier molecular flexibility index (Phi) is 2.39. The molecule has 1 aliphatic heterocycles. The van der Waals surface area contributed by atoms with Gasteiger partial charge in [-0.1, -0.05) is 0 Å². The third-order valence-corrected chi connectivity index (χ3v) is 4.16. The number of carboxylic acid groups (broad SMARTS) is 1. The van der Waals surface area contributed by atoms with Gasteiger partial charge in [-0.2, -0.15) is 11.8 Å². The molecule has 2 aliphatic rings. The van der Waals surface area contributed by atoms with E-state index in [1.165, 1.54) is 0 Å². The van der Waals surface area contributed by atoms with E-state index in [-0.39, 0.29) is 0 Å². The lowest BCUT2D eigenvalue weighted by molar-refractivity contribution is 0.0695. The molecule has 1 aromatic rings. The van der Waals surface area contributed by atoms with Crippen LogP contribution in [0.25, 0.3) is 0 Å². The van der Waals surface area contributed by atoms with Gasteiger partial charge >= 0.3 is 5.97 Å². The first-order valence-corrected chi connectivity index (χ1v) is 6.75. The van der Waals surface area contributed by atoms with Crippen LogP contribution in [0.5, 0.6) is 0 Å². The second-order valence-corrected chi connectivity index (χ2v) is 5.51. The summed E-state index contributed by atoms with van der Waals surface area (Å²) in [6.07, 6.45) is 3.18. The molecule has 4 heteroatoms. The van der Waals surface area contributed by atoms with E-state index >= 15 is 0 Å². The summed E-state index contributed by atoms with van der Waals surface area (Å²) in [5, 5.41) is 9.20. The van der Waals surface area contributed by atoms with E-state index in [4.69, 9.17) is 0 Å². The number of carbonyl (C=O) groups is 1. The summed E-state index contributed by atoms with van der Waals surface area (Å²) in [7, 11) is 0. The van der Waals surface area contributed by atoms with Crippen LogP contribution in [-0.2, 0) is 12.2 Å². The van der Waals surface area contributed by atoms with E-state index in [1.54, 1.807) is 0 Å². The fourth-order valence-corrected chi connectivity index (χ4v) is 3.09. The third-order valence-electron chi connectivity index (χ3n) is 3.16. The van der Waals surface area contributed by atoms with Crippen LogP contribution in [0, 0.1) is 0 Å². The Balaban J connectivity index is 2.11. The molecule has 3 nitrogen and oxygen atoms in total. The lowest BCUT2D eigenvalue weighted by Gasteiger charge is -2.17. The molecular formula is C12H13NO2S. The van der Waals surface area contributed by atoms with Crippen molar-refractivity contribution in [2.24, 2.45) is 0 Å². The highest BCUT2D eigenvalue weighted by molar-refractivity contribution is 7.98. The molecule has 1 fully saturated rings. The first-order valence-electron chi connectivity index (χ1n) is 5.59. The molecule has 2 heterocycles.